The molecule has 1 fully saturated rings. The van der Waals surface area contributed by atoms with Crippen molar-refractivity contribution in [2.45, 2.75) is 25.3 Å². The van der Waals surface area contributed by atoms with Crippen LogP contribution >= 0.6 is 12.4 Å². The van der Waals surface area contributed by atoms with E-state index in [2.05, 4.69) is 59.7 Å². The molecule has 1 N–H and O–H groups in total. The van der Waals surface area contributed by atoms with Crippen molar-refractivity contribution in [2.75, 3.05) is 26.7 Å². The van der Waals surface area contributed by atoms with Crippen LogP contribution in [0.15, 0.2) is 36.4 Å². The largest absolute Gasteiger partial charge is 0.316 e. The molecule has 1 heterocycles. The quantitative estimate of drug-likeness (QED) is 0.891. The van der Waals surface area contributed by atoms with Crippen molar-refractivity contribution in [3.8, 4) is 0 Å². The lowest BCUT2D eigenvalue weighted by molar-refractivity contribution is 0.198. The van der Waals surface area contributed by atoms with Crippen LogP contribution in [-0.2, 0) is 0 Å². The van der Waals surface area contributed by atoms with Gasteiger partial charge < -0.3 is 10.2 Å². The normalized spacial score (nSPS) is 20.4. The number of hydrogen-bond donors (Lipinski definition) is 1. The predicted octanol–water partition coefficient (Wildman–Crippen LogP) is 3.20. The highest BCUT2D eigenvalue weighted by atomic mass is 35.5. The maximum atomic E-state index is 3.39. The molecule has 1 aromatic rings. The highest BCUT2D eigenvalue weighted by Gasteiger charge is 2.16. The summed E-state index contributed by atoms with van der Waals surface area (Å²) in [7, 11) is 2.07. The third-order valence-electron chi connectivity index (χ3n) is 3.64. The number of benzene rings is 1. The Morgan fingerprint density at radius 2 is 2.11 bits per heavy atom. The molecule has 1 atom stereocenters. The first-order chi connectivity index (χ1) is 8.88. The van der Waals surface area contributed by atoms with E-state index in [1.165, 1.54) is 38.0 Å². The van der Waals surface area contributed by atoms with Crippen LogP contribution in [-0.4, -0.2) is 37.6 Å². The van der Waals surface area contributed by atoms with E-state index in [0.29, 0.717) is 6.04 Å². The van der Waals surface area contributed by atoms with Crippen molar-refractivity contribution in [1.82, 2.24) is 10.2 Å². The van der Waals surface area contributed by atoms with Crippen molar-refractivity contribution in [3.63, 3.8) is 0 Å². The minimum atomic E-state index is 0. The molecule has 106 valence electrons. The van der Waals surface area contributed by atoms with Gasteiger partial charge >= 0.3 is 0 Å². The lowest BCUT2D eigenvalue weighted by Crippen LogP contribution is -2.44. The molecule has 3 heteroatoms. The molecule has 2 nitrogen and oxygen atoms in total. The highest BCUT2D eigenvalue weighted by molar-refractivity contribution is 5.85. The fraction of sp³-hybridized carbons (Fsp3) is 0.500. The highest BCUT2D eigenvalue weighted by Crippen LogP contribution is 2.10. The molecule has 1 aliphatic rings. The van der Waals surface area contributed by atoms with Gasteiger partial charge in [-0.3, -0.25) is 0 Å². The zero-order valence-electron chi connectivity index (χ0n) is 11.7. The number of likely N-dealkylation sites (N-methyl/N-ethyl adjacent to an activating group) is 1. The number of halogens is 1. The van der Waals surface area contributed by atoms with Crippen molar-refractivity contribution < 1.29 is 0 Å². The summed E-state index contributed by atoms with van der Waals surface area (Å²) >= 11 is 0. The first-order valence-corrected chi connectivity index (χ1v) is 6.99. The van der Waals surface area contributed by atoms with Crippen LogP contribution in [0.25, 0.3) is 6.08 Å². The Labute approximate surface area is 123 Å². The Hall–Kier alpha value is -0.830. The number of nitrogens with one attached hydrogen (secondary N) is 1. The maximum Gasteiger partial charge on any atom is 0.0192 e. The number of hydrogen-bond acceptors (Lipinski definition) is 2. The molecule has 0 radical (unpaired) electrons. The molecule has 0 aromatic heterocycles. The molecule has 1 aromatic carbocycles. The van der Waals surface area contributed by atoms with Crippen molar-refractivity contribution in [1.29, 1.82) is 0 Å². The Kier molecular flexibility index (Phi) is 7.80. The Balaban J connectivity index is 0.00000180. The molecule has 0 bridgehead atoms. The molecule has 0 aliphatic carbocycles. The molecule has 1 saturated heterocycles. The summed E-state index contributed by atoms with van der Waals surface area (Å²) in [6, 6.07) is 11.2. The van der Waals surface area contributed by atoms with Crippen LogP contribution in [0.4, 0.5) is 0 Å². The molecule has 1 unspecified atom stereocenters. The van der Waals surface area contributed by atoms with Gasteiger partial charge in [-0.2, -0.15) is 0 Å². The first kappa shape index (κ1) is 16.2. The van der Waals surface area contributed by atoms with Crippen LogP contribution < -0.4 is 5.32 Å². The van der Waals surface area contributed by atoms with Gasteiger partial charge in [-0.25, -0.2) is 0 Å². The molecule has 0 amide bonds. The summed E-state index contributed by atoms with van der Waals surface area (Å²) in [5.41, 5.74) is 1.30. The fourth-order valence-corrected chi connectivity index (χ4v) is 2.53. The molecule has 0 saturated carbocycles. The first-order valence-electron chi connectivity index (χ1n) is 6.99. The third-order valence-corrected chi connectivity index (χ3v) is 3.64. The second kappa shape index (κ2) is 9.13. The van der Waals surface area contributed by atoms with E-state index < -0.39 is 0 Å². The van der Waals surface area contributed by atoms with E-state index in [9.17, 15) is 0 Å². The molecular formula is C16H25ClN2. The van der Waals surface area contributed by atoms with Gasteiger partial charge in [0.15, 0.2) is 0 Å². The summed E-state index contributed by atoms with van der Waals surface area (Å²) in [5.74, 6) is 0. The monoisotopic (exact) mass is 280 g/mol. The lowest BCUT2D eigenvalue weighted by Gasteiger charge is -2.32. The summed E-state index contributed by atoms with van der Waals surface area (Å²) in [6.07, 6.45) is 8.31. The average molecular weight is 281 g/mol. The van der Waals surface area contributed by atoms with Gasteiger partial charge in [0.2, 0.25) is 0 Å². The Morgan fingerprint density at radius 3 is 2.84 bits per heavy atom. The van der Waals surface area contributed by atoms with Gasteiger partial charge in [-0.1, -0.05) is 42.5 Å². The summed E-state index contributed by atoms with van der Waals surface area (Å²) in [6.45, 7) is 3.65. The van der Waals surface area contributed by atoms with Gasteiger partial charge in [-0.05, 0) is 38.4 Å². The van der Waals surface area contributed by atoms with Crippen molar-refractivity contribution in [2.24, 2.45) is 0 Å². The van der Waals surface area contributed by atoms with E-state index in [0.717, 1.165) is 6.42 Å². The zero-order valence-corrected chi connectivity index (χ0v) is 12.5. The van der Waals surface area contributed by atoms with Gasteiger partial charge in [0.25, 0.3) is 0 Å². The molecule has 2 rings (SSSR count). The van der Waals surface area contributed by atoms with Gasteiger partial charge in [-0.15, -0.1) is 12.4 Å². The van der Waals surface area contributed by atoms with Crippen LogP contribution in [0.1, 0.15) is 24.8 Å². The number of likely N-dealkylation sites (tertiary alicyclic amines) is 1. The van der Waals surface area contributed by atoms with E-state index >= 15 is 0 Å². The van der Waals surface area contributed by atoms with Gasteiger partial charge in [0.05, 0.1) is 0 Å². The third kappa shape index (κ3) is 5.77. The second-order valence-corrected chi connectivity index (χ2v) is 5.03. The van der Waals surface area contributed by atoms with Crippen LogP contribution in [0.3, 0.4) is 0 Å². The van der Waals surface area contributed by atoms with E-state index in [1.54, 1.807) is 0 Å². The number of nitrogens with zero attached hydrogens (tertiary/aromatic N) is 1. The van der Waals surface area contributed by atoms with Crippen LogP contribution in [0, 0.1) is 0 Å². The molecular weight excluding hydrogens is 256 g/mol. The SMILES string of the molecule is CNC1CCCN(CC/C=C/c2ccccc2)C1.Cl. The Morgan fingerprint density at radius 1 is 1.32 bits per heavy atom. The standard InChI is InChI=1S/C16H24N2.ClH/c1-17-16-11-7-13-18(14-16)12-6-5-10-15-8-3-2-4-9-15;/h2-5,8-10,16-17H,6-7,11-14H2,1H3;1H/b10-5+;. The maximum absolute atomic E-state index is 3.39. The summed E-state index contributed by atoms with van der Waals surface area (Å²) in [5, 5.41) is 3.39. The van der Waals surface area contributed by atoms with E-state index in [1.807, 2.05) is 0 Å². The fourth-order valence-electron chi connectivity index (χ4n) is 2.53. The molecule has 0 spiro atoms. The minimum absolute atomic E-state index is 0. The average Bonchev–Trinajstić information content (AvgIpc) is 2.45. The van der Waals surface area contributed by atoms with Gasteiger partial charge in [0.1, 0.15) is 0 Å². The topological polar surface area (TPSA) is 15.3 Å². The predicted molar refractivity (Wildman–Crippen MR) is 85.9 cm³/mol. The summed E-state index contributed by atoms with van der Waals surface area (Å²) in [4.78, 5) is 2.57. The van der Waals surface area contributed by atoms with Crippen molar-refractivity contribution >= 4 is 18.5 Å². The smallest absolute Gasteiger partial charge is 0.0192 e. The minimum Gasteiger partial charge on any atom is -0.316 e. The van der Waals surface area contributed by atoms with E-state index in [-0.39, 0.29) is 12.4 Å². The van der Waals surface area contributed by atoms with Gasteiger partial charge in [0, 0.05) is 19.1 Å². The lowest BCUT2D eigenvalue weighted by atomic mass is 10.1. The van der Waals surface area contributed by atoms with Crippen molar-refractivity contribution in [3.05, 3.63) is 42.0 Å². The second-order valence-electron chi connectivity index (χ2n) is 5.03. The van der Waals surface area contributed by atoms with Crippen LogP contribution in [0.2, 0.25) is 0 Å². The van der Waals surface area contributed by atoms with Crippen LogP contribution in [0.5, 0.6) is 0 Å². The molecule has 1 aliphatic heterocycles. The number of rotatable bonds is 5. The zero-order chi connectivity index (χ0) is 12.6. The number of piperidine rings is 1. The summed E-state index contributed by atoms with van der Waals surface area (Å²) < 4.78 is 0. The van der Waals surface area contributed by atoms with E-state index in [4.69, 9.17) is 0 Å². The Bertz CT molecular complexity index is 364. The molecule has 19 heavy (non-hydrogen) atoms.